The number of benzene rings is 1. The summed E-state index contributed by atoms with van der Waals surface area (Å²) < 4.78 is 27.0. The third-order valence-electron chi connectivity index (χ3n) is 9.83. The fourth-order valence-electron chi connectivity index (χ4n) is 7.15. The van der Waals surface area contributed by atoms with Gasteiger partial charge in [-0.2, -0.15) is 14.6 Å². The monoisotopic (exact) mass is 655 g/mol. The van der Waals surface area contributed by atoms with E-state index in [0.29, 0.717) is 37.3 Å². The summed E-state index contributed by atoms with van der Waals surface area (Å²) in [5.41, 5.74) is 5.01. The highest BCUT2D eigenvalue weighted by atomic mass is 19.1. The van der Waals surface area contributed by atoms with E-state index in [1.807, 2.05) is 48.1 Å². The van der Waals surface area contributed by atoms with Crippen molar-refractivity contribution in [1.29, 1.82) is 0 Å². The van der Waals surface area contributed by atoms with Gasteiger partial charge in [0.15, 0.2) is 0 Å². The van der Waals surface area contributed by atoms with Crippen LogP contribution >= 0.6 is 0 Å². The third kappa shape index (κ3) is 6.76. The van der Waals surface area contributed by atoms with Gasteiger partial charge in [0.25, 0.3) is 0 Å². The Kier molecular flexibility index (Phi) is 9.60. The smallest absolute Gasteiger partial charge is 0.213 e. The number of rotatable bonds is 11. The van der Waals surface area contributed by atoms with Gasteiger partial charge in [0.2, 0.25) is 5.95 Å². The van der Waals surface area contributed by atoms with Gasteiger partial charge in [0.1, 0.15) is 17.7 Å². The number of pyridine rings is 2. The molecule has 12 heteroatoms. The maximum atomic E-state index is 14.1. The number of carbonyl (C=O) groups is 1. The quantitative estimate of drug-likeness (QED) is 0.220. The minimum absolute atomic E-state index is 0.0570. The molecule has 4 aromatic rings. The van der Waals surface area contributed by atoms with Crippen LogP contribution in [0.2, 0.25) is 0 Å². The van der Waals surface area contributed by atoms with E-state index in [1.54, 1.807) is 18.2 Å². The molecule has 3 aliphatic rings. The maximum absolute atomic E-state index is 14.1. The Morgan fingerprint density at radius 2 is 1.83 bits per heavy atom. The van der Waals surface area contributed by atoms with Gasteiger partial charge in [-0.3, -0.25) is 14.5 Å². The molecule has 11 nitrogen and oxygen atoms in total. The number of ketones is 1. The zero-order chi connectivity index (χ0) is 33.2. The summed E-state index contributed by atoms with van der Waals surface area (Å²) in [5, 5.41) is 6.85. The van der Waals surface area contributed by atoms with Crippen molar-refractivity contribution in [2.45, 2.75) is 38.0 Å². The molecule has 3 aliphatic heterocycles. The van der Waals surface area contributed by atoms with Crippen LogP contribution < -0.4 is 4.90 Å². The Morgan fingerprint density at radius 1 is 1.04 bits per heavy atom. The fraction of sp³-hybridized carbons (Fsp3) is 0.444. The molecule has 6 heterocycles. The zero-order valence-corrected chi connectivity index (χ0v) is 27.7. The van der Waals surface area contributed by atoms with Crippen LogP contribution in [-0.2, 0) is 25.5 Å². The van der Waals surface area contributed by atoms with E-state index in [9.17, 15) is 9.18 Å². The molecule has 2 bridgehead atoms. The number of hydrogen-bond donors (Lipinski definition) is 0. The van der Waals surface area contributed by atoms with Crippen LogP contribution in [0.15, 0.2) is 67.0 Å². The highest BCUT2D eigenvalue weighted by Crippen LogP contribution is 2.37. The molecule has 0 N–H and O–H groups in total. The number of anilines is 1. The number of hydroxylamine groups is 2. The molecule has 3 aromatic heterocycles. The summed E-state index contributed by atoms with van der Waals surface area (Å²) >= 11 is 0. The second kappa shape index (κ2) is 14.2. The predicted molar refractivity (Wildman–Crippen MR) is 178 cm³/mol. The minimum Gasteiger partial charge on any atom is -0.383 e. The molecular weight excluding hydrogens is 613 g/mol. The molecule has 0 radical (unpaired) electrons. The first kappa shape index (κ1) is 32.5. The van der Waals surface area contributed by atoms with E-state index < -0.39 is 12.1 Å². The van der Waals surface area contributed by atoms with Crippen molar-refractivity contribution in [3.05, 3.63) is 89.8 Å². The van der Waals surface area contributed by atoms with Crippen molar-refractivity contribution in [2.75, 3.05) is 65.1 Å². The van der Waals surface area contributed by atoms with Crippen LogP contribution in [0.4, 0.5) is 10.2 Å². The number of para-hydroxylation sites is 1. The van der Waals surface area contributed by atoms with E-state index >= 15 is 0 Å². The minimum atomic E-state index is -0.574. The molecule has 252 valence electrons. The second-order valence-electron chi connectivity index (χ2n) is 13.0. The molecule has 4 atom stereocenters. The number of morpholine rings is 1. The summed E-state index contributed by atoms with van der Waals surface area (Å²) in [7, 11) is 3.82. The lowest BCUT2D eigenvalue weighted by molar-refractivity contribution is -0.155. The number of carbonyl (C=O) groups excluding carboxylic acids is 1. The lowest BCUT2D eigenvalue weighted by Gasteiger charge is -2.48. The van der Waals surface area contributed by atoms with Crippen molar-refractivity contribution < 1.29 is 23.5 Å². The number of methoxy groups -OCH3 is 1. The highest BCUT2D eigenvalue weighted by Gasteiger charge is 2.38. The summed E-state index contributed by atoms with van der Waals surface area (Å²) in [6, 6.07) is 17.9. The topological polar surface area (TPSA) is 98.1 Å². The van der Waals surface area contributed by atoms with Crippen molar-refractivity contribution in [3.63, 3.8) is 0 Å². The standard InChI is InChI=1S/C36H42FN7O4/c1-24-32(17-31(45)15-27-19-43(13-14-46-3)48-36(27)25-11-12-38-33(37)16-25)44(28-7-5-4-6-8-28)40-35(24)26-9-10-34(39-18-26)42-20-29-22-47-23-30(21-42)41(29)2/h4-12,16,18,27,29-30,36H,13-15,17,19-23H2,1-3H3/t27-,29-,30+,36+/m1/s1. The van der Waals surface area contributed by atoms with Crippen LogP contribution in [-0.4, -0.2) is 108 Å². The average Bonchev–Trinajstić information content (AvgIpc) is 3.64. The van der Waals surface area contributed by atoms with Crippen LogP contribution in [0.5, 0.6) is 0 Å². The van der Waals surface area contributed by atoms with Crippen molar-refractivity contribution >= 4 is 11.6 Å². The molecule has 3 saturated heterocycles. The SMILES string of the molecule is COCCN1C[C@@H](CC(=O)Cc2c(C)c(-c3ccc(N4C[C@H]5COC[C@@H](C4)N5C)nc3)nn2-c2ccccc2)[C@H](c2ccnc(F)c2)O1. The Bertz CT molecular complexity index is 1710. The van der Waals surface area contributed by atoms with Crippen molar-refractivity contribution in [3.8, 4) is 16.9 Å². The van der Waals surface area contributed by atoms with Gasteiger partial charge in [-0.1, -0.05) is 18.2 Å². The van der Waals surface area contributed by atoms with Crippen LogP contribution in [0, 0.1) is 18.8 Å². The number of Topliss-reactive ketones (excluding diaryl/α,β-unsaturated/α-hetero) is 1. The number of fused-ring (bicyclic) bond motifs is 2. The molecule has 0 aliphatic carbocycles. The first-order valence-corrected chi connectivity index (χ1v) is 16.6. The van der Waals surface area contributed by atoms with Gasteiger partial charge in [0, 0.05) is 70.0 Å². The van der Waals surface area contributed by atoms with E-state index in [0.717, 1.165) is 60.3 Å². The number of aromatic nitrogens is 4. The summed E-state index contributed by atoms with van der Waals surface area (Å²) in [5.74, 6) is 0.263. The number of likely N-dealkylation sites (N-methyl/N-ethyl adjacent to an activating group) is 1. The van der Waals surface area contributed by atoms with Gasteiger partial charge in [-0.25, -0.2) is 14.6 Å². The first-order chi connectivity index (χ1) is 23.4. The molecule has 0 saturated carbocycles. The predicted octanol–water partition coefficient (Wildman–Crippen LogP) is 4.05. The van der Waals surface area contributed by atoms with Crippen LogP contribution in [0.25, 0.3) is 16.9 Å². The Balaban J connectivity index is 1.13. The van der Waals surface area contributed by atoms with Crippen molar-refractivity contribution in [1.82, 2.24) is 29.7 Å². The maximum Gasteiger partial charge on any atom is 0.213 e. The molecule has 3 fully saturated rings. The van der Waals surface area contributed by atoms with Gasteiger partial charge in [-0.05, 0) is 61.5 Å². The van der Waals surface area contributed by atoms with Gasteiger partial charge in [-0.15, -0.1) is 0 Å². The van der Waals surface area contributed by atoms with Crippen LogP contribution in [0.3, 0.4) is 0 Å². The Labute approximate surface area is 280 Å². The summed E-state index contributed by atoms with van der Waals surface area (Å²) in [4.78, 5) is 33.4. The van der Waals surface area contributed by atoms with E-state index in [2.05, 4.69) is 34.0 Å². The normalized spacial score (nSPS) is 23.1. The molecule has 0 spiro atoms. The zero-order valence-electron chi connectivity index (χ0n) is 27.7. The number of nitrogens with zero attached hydrogens (tertiary/aromatic N) is 7. The summed E-state index contributed by atoms with van der Waals surface area (Å²) in [6.45, 7) is 6.81. The molecule has 0 unspecified atom stereocenters. The largest absolute Gasteiger partial charge is 0.383 e. The van der Waals surface area contributed by atoms with E-state index in [1.165, 1.54) is 12.3 Å². The number of ether oxygens (including phenoxy) is 2. The molecule has 1 aromatic carbocycles. The first-order valence-electron chi connectivity index (χ1n) is 16.6. The fourth-order valence-corrected chi connectivity index (χ4v) is 7.15. The highest BCUT2D eigenvalue weighted by molar-refractivity contribution is 5.82. The molecule has 48 heavy (non-hydrogen) atoms. The Hall–Kier alpha value is -4.07. The summed E-state index contributed by atoms with van der Waals surface area (Å²) in [6.07, 6.45) is 3.31. The van der Waals surface area contributed by atoms with E-state index in [4.69, 9.17) is 24.4 Å². The van der Waals surface area contributed by atoms with Crippen molar-refractivity contribution in [2.24, 2.45) is 5.92 Å². The number of halogens is 1. The molecule has 0 amide bonds. The number of piperazine rings is 1. The average molecular weight is 656 g/mol. The van der Waals surface area contributed by atoms with Crippen LogP contribution in [0.1, 0.15) is 29.3 Å². The van der Waals surface area contributed by atoms with Gasteiger partial charge in [0.05, 0.1) is 49.0 Å². The second-order valence-corrected chi connectivity index (χ2v) is 13.0. The van der Waals surface area contributed by atoms with Gasteiger partial charge >= 0.3 is 0 Å². The lowest BCUT2D eigenvalue weighted by Crippen LogP contribution is -2.63. The lowest BCUT2D eigenvalue weighted by atomic mass is 9.91. The number of hydrogen-bond acceptors (Lipinski definition) is 10. The Morgan fingerprint density at radius 3 is 2.54 bits per heavy atom. The van der Waals surface area contributed by atoms with E-state index in [-0.39, 0.29) is 24.5 Å². The van der Waals surface area contributed by atoms with Gasteiger partial charge < -0.3 is 14.4 Å². The third-order valence-corrected chi connectivity index (χ3v) is 9.83. The molecular formula is C36H42FN7O4. The molecule has 7 rings (SSSR count).